The van der Waals surface area contributed by atoms with Crippen molar-refractivity contribution in [1.29, 1.82) is 0 Å². The summed E-state index contributed by atoms with van der Waals surface area (Å²) in [6, 6.07) is 9.14. The molecule has 132 valence electrons. The Balaban J connectivity index is 1.81. The third-order valence-electron chi connectivity index (χ3n) is 4.28. The number of likely N-dealkylation sites (tertiary alicyclic amines) is 1. The van der Waals surface area contributed by atoms with Gasteiger partial charge in [0.25, 0.3) is 0 Å². The average molecular weight is 333 g/mol. The van der Waals surface area contributed by atoms with E-state index in [2.05, 4.69) is 0 Å². The summed E-state index contributed by atoms with van der Waals surface area (Å²) in [5.41, 5.74) is 6.61. The molecule has 1 aliphatic heterocycles. The number of likely N-dealkylation sites (N-methyl/N-ethyl adjacent to an activating group) is 1. The first kappa shape index (κ1) is 18.3. The van der Waals surface area contributed by atoms with Gasteiger partial charge in [-0.15, -0.1) is 0 Å². The van der Waals surface area contributed by atoms with Crippen LogP contribution in [0.5, 0.6) is 0 Å². The number of nitrogens with two attached hydrogens (primary N) is 1. The smallest absolute Gasteiger partial charge is 0.410 e. The highest BCUT2D eigenvalue weighted by Gasteiger charge is 2.27. The Morgan fingerprint density at radius 2 is 2.08 bits per heavy atom. The summed E-state index contributed by atoms with van der Waals surface area (Å²) in [7, 11) is 1.76. The van der Waals surface area contributed by atoms with Crippen molar-refractivity contribution in [3.63, 3.8) is 0 Å². The van der Waals surface area contributed by atoms with Gasteiger partial charge in [0, 0.05) is 26.7 Å². The maximum absolute atomic E-state index is 12.2. The van der Waals surface area contributed by atoms with Crippen LogP contribution in [0.15, 0.2) is 30.3 Å². The summed E-state index contributed by atoms with van der Waals surface area (Å²) in [6.07, 6.45) is 1.63. The summed E-state index contributed by atoms with van der Waals surface area (Å²) in [4.78, 5) is 27.5. The van der Waals surface area contributed by atoms with Gasteiger partial charge in [-0.2, -0.15) is 0 Å². The molecule has 24 heavy (non-hydrogen) atoms. The van der Waals surface area contributed by atoms with Gasteiger partial charge < -0.3 is 20.3 Å². The topological polar surface area (TPSA) is 75.9 Å². The van der Waals surface area contributed by atoms with Gasteiger partial charge in [-0.3, -0.25) is 4.79 Å². The van der Waals surface area contributed by atoms with Gasteiger partial charge in [-0.05, 0) is 31.2 Å². The van der Waals surface area contributed by atoms with Crippen LogP contribution in [0.4, 0.5) is 4.79 Å². The molecule has 6 nitrogen and oxygen atoms in total. The van der Waals surface area contributed by atoms with E-state index in [0.717, 1.165) is 18.4 Å². The third-order valence-corrected chi connectivity index (χ3v) is 4.28. The molecule has 1 aliphatic rings. The maximum Gasteiger partial charge on any atom is 0.410 e. The zero-order chi connectivity index (χ0) is 17.5. The molecule has 0 spiro atoms. The van der Waals surface area contributed by atoms with Crippen LogP contribution in [0, 0.1) is 5.92 Å². The van der Waals surface area contributed by atoms with Crippen LogP contribution in [0.2, 0.25) is 0 Å². The van der Waals surface area contributed by atoms with Crippen molar-refractivity contribution in [2.75, 3.05) is 26.7 Å². The molecule has 0 aliphatic carbocycles. The number of benzene rings is 1. The Bertz CT molecular complexity index is 548. The van der Waals surface area contributed by atoms with Crippen LogP contribution in [0.25, 0.3) is 0 Å². The molecule has 0 radical (unpaired) electrons. The van der Waals surface area contributed by atoms with Crippen LogP contribution >= 0.6 is 0 Å². The monoisotopic (exact) mass is 333 g/mol. The highest BCUT2D eigenvalue weighted by Crippen LogP contribution is 2.18. The number of hydrogen-bond donors (Lipinski definition) is 1. The van der Waals surface area contributed by atoms with Crippen molar-refractivity contribution in [2.24, 2.45) is 11.7 Å². The molecule has 1 fully saturated rings. The van der Waals surface area contributed by atoms with Crippen LogP contribution < -0.4 is 5.73 Å². The van der Waals surface area contributed by atoms with Crippen LogP contribution in [0.3, 0.4) is 0 Å². The lowest BCUT2D eigenvalue weighted by Crippen LogP contribution is -2.46. The van der Waals surface area contributed by atoms with E-state index in [4.69, 9.17) is 10.5 Å². The van der Waals surface area contributed by atoms with Crippen LogP contribution in [-0.4, -0.2) is 54.5 Å². The highest BCUT2D eigenvalue weighted by atomic mass is 16.6. The maximum atomic E-state index is 12.2. The number of piperidine rings is 1. The van der Waals surface area contributed by atoms with Gasteiger partial charge in [-0.25, -0.2) is 4.79 Å². The number of amides is 2. The first-order valence-electron chi connectivity index (χ1n) is 8.43. The summed E-state index contributed by atoms with van der Waals surface area (Å²) in [6.45, 7) is 3.90. The molecule has 2 atom stereocenters. The van der Waals surface area contributed by atoms with E-state index in [1.54, 1.807) is 23.8 Å². The Morgan fingerprint density at radius 3 is 2.75 bits per heavy atom. The fourth-order valence-electron chi connectivity index (χ4n) is 3.02. The quantitative estimate of drug-likeness (QED) is 0.892. The molecule has 1 aromatic carbocycles. The van der Waals surface area contributed by atoms with Gasteiger partial charge in [0.2, 0.25) is 5.91 Å². The fourth-order valence-corrected chi connectivity index (χ4v) is 3.02. The molecule has 0 saturated carbocycles. The summed E-state index contributed by atoms with van der Waals surface area (Å²) < 4.78 is 5.39. The molecule has 2 rings (SSSR count). The number of ether oxygens (including phenoxy) is 1. The summed E-state index contributed by atoms with van der Waals surface area (Å²) >= 11 is 0. The lowest BCUT2D eigenvalue weighted by atomic mass is 9.97. The van der Waals surface area contributed by atoms with Gasteiger partial charge in [0.05, 0.1) is 6.04 Å². The molecule has 1 saturated heterocycles. The minimum atomic E-state index is -0.495. The molecule has 0 aromatic heterocycles. The highest BCUT2D eigenvalue weighted by molar-refractivity contribution is 5.80. The predicted molar refractivity (Wildman–Crippen MR) is 92.2 cm³/mol. The second kappa shape index (κ2) is 8.68. The van der Waals surface area contributed by atoms with E-state index < -0.39 is 6.04 Å². The zero-order valence-electron chi connectivity index (χ0n) is 14.5. The minimum absolute atomic E-state index is 0.0706. The van der Waals surface area contributed by atoms with E-state index in [1.807, 2.05) is 30.3 Å². The molecule has 1 heterocycles. The Hall–Kier alpha value is -2.08. The SMILES string of the molecule is C[C@H](N)C(=O)N(C)C[C@H]1CCCN(C(=O)OCc2ccccc2)C1. The van der Waals surface area contributed by atoms with E-state index >= 15 is 0 Å². The number of carbonyl (C=O) groups excluding carboxylic acids is 2. The number of rotatable bonds is 5. The third kappa shape index (κ3) is 5.23. The largest absolute Gasteiger partial charge is 0.445 e. The molecule has 1 aromatic rings. The van der Waals surface area contributed by atoms with Crippen LogP contribution in [0.1, 0.15) is 25.3 Å². The molecular weight excluding hydrogens is 306 g/mol. The number of carbonyl (C=O) groups is 2. The van der Waals surface area contributed by atoms with Gasteiger partial charge in [0.1, 0.15) is 6.61 Å². The van der Waals surface area contributed by atoms with Crippen molar-refractivity contribution in [2.45, 2.75) is 32.4 Å². The summed E-state index contributed by atoms with van der Waals surface area (Å²) in [5, 5.41) is 0. The van der Waals surface area contributed by atoms with Gasteiger partial charge in [-0.1, -0.05) is 30.3 Å². The van der Waals surface area contributed by atoms with E-state index in [1.165, 1.54) is 0 Å². The lowest BCUT2D eigenvalue weighted by molar-refractivity contribution is -0.131. The predicted octanol–water partition coefficient (Wildman–Crippen LogP) is 1.84. The number of nitrogens with zero attached hydrogens (tertiary/aromatic N) is 2. The lowest BCUT2D eigenvalue weighted by Gasteiger charge is -2.34. The Kier molecular flexibility index (Phi) is 6.61. The molecule has 0 unspecified atom stereocenters. The molecular formula is C18H27N3O3. The van der Waals surface area contributed by atoms with E-state index in [9.17, 15) is 9.59 Å². The number of hydrogen-bond acceptors (Lipinski definition) is 4. The standard InChI is InChI=1S/C18H27N3O3/c1-14(19)17(22)20(2)11-16-9-6-10-21(12-16)18(23)24-13-15-7-4-3-5-8-15/h3-5,7-8,14,16H,6,9-13,19H2,1-2H3/t14-,16+/m0/s1. The van der Waals surface area contributed by atoms with E-state index in [0.29, 0.717) is 19.6 Å². The zero-order valence-corrected chi connectivity index (χ0v) is 14.5. The minimum Gasteiger partial charge on any atom is -0.445 e. The van der Waals surface area contributed by atoms with Gasteiger partial charge in [0.15, 0.2) is 0 Å². The van der Waals surface area contributed by atoms with Gasteiger partial charge >= 0.3 is 6.09 Å². The first-order chi connectivity index (χ1) is 11.5. The molecule has 2 N–H and O–H groups in total. The van der Waals surface area contributed by atoms with Crippen molar-refractivity contribution >= 4 is 12.0 Å². The Labute approximate surface area is 143 Å². The molecule has 6 heteroatoms. The van der Waals surface area contributed by atoms with Crippen molar-refractivity contribution in [3.8, 4) is 0 Å². The molecule has 0 bridgehead atoms. The van der Waals surface area contributed by atoms with Crippen molar-refractivity contribution in [1.82, 2.24) is 9.80 Å². The second-order valence-electron chi connectivity index (χ2n) is 6.50. The van der Waals surface area contributed by atoms with Crippen LogP contribution in [-0.2, 0) is 16.1 Å². The normalized spacial score (nSPS) is 18.8. The fraction of sp³-hybridized carbons (Fsp3) is 0.556. The Morgan fingerprint density at radius 1 is 1.38 bits per heavy atom. The van der Waals surface area contributed by atoms with Crippen molar-refractivity contribution < 1.29 is 14.3 Å². The average Bonchev–Trinajstić information content (AvgIpc) is 2.60. The van der Waals surface area contributed by atoms with Crippen molar-refractivity contribution in [3.05, 3.63) is 35.9 Å². The van der Waals surface area contributed by atoms with E-state index in [-0.39, 0.29) is 24.5 Å². The summed E-state index contributed by atoms with van der Waals surface area (Å²) in [5.74, 6) is 0.189. The first-order valence-corrected chi connectivity index (χ1v) is 8.43. The second-order valence-corrected chi connectivity index (χ2v) is 6.50. The molecule has 2 amide bonds.